The Hall–Kier alpha value is -2.96. The number of hydrogen-bond donors (Lipinski definition) is 2. The number of cyclic esters (lactones) is 1. The van der Waals surface area contributed by atoms with Gasteiger partial charge < -0.3 is 25.3 Å². The Kier molecular flexibility index (Phi) is 3.92. The third-order valence-corrected chi connectivity index (χ3v) is 3.60. The van der Waals surface area contributed by atoms with Crippen molar-refractivity contribution in [3.8, 4) is 11.5 Å². The maximum absolute atomic E-state index is 11.5. The summed E-state index contributed by atoms with van der Waals surface area (Å²) in [5.74, 6) is 0.456. The highest BCUT2D eigenvalue weighted by Gasteiger charge is 2.23. The fourth-order valence-corrected chi connectivity index (χ4v) is 2.47. The fourth-order valence-electron chi connectivity index (χ4n) is 2.47. The number of amides is 2. The van der Waals surface area contributed by atoms with Gasteiger partial charge in [0.25, 0.3) is 5.91 Å². The SMILES string of the molecule is COc1cc2c(OC[C@@H]3COC(=O)N3)cccc2cc1C(N)=O. The van der Waals surface area contributed by atoms with Crippen molar-refractivity contribution < 1.29 is 23.8 Å². The molecule has 1 heterocycles. The number of nitrogens with one attached hydrogen (secondary N) is 1. The van der Waals surface area contributed by atoms with Crippen LogP contribution in [0.5, 0.6) is 11.5 Å². The molecule has 1 saturated heterocycles. The van der Waals surface area contributed by atoms with Gasteiger partial charge in [-0.15, -0.1) is 0 Å². The van der Waals surface area contributed by atoms with Crippen LogP contribution in [0.25, 0.3) is 10.8 Å². The van der Waals surface area contributed by atoms with E-state index in [0.29, 0.717) is 17.1 Å². The summed E-state index contributed by atoms with van der Waals surface area (Å²) < 4.78 is 15.8. The number of primary amides is 1. The molecule has 0 bridgehead atoms. The topological polar surface area (TPSA) is 99.9 Å². The Balaban J connectivity index is 1.91. The van der Waals surface area contributed by atoms with E-state index in [1.807, 2.05) is 18.2 Å². The van der Waals surface area contributed by atoms with Crippen LogP contribution >= 0.6 is 0 Å². The summed E-state index contributed by atoms with van der Waals surface area (Å²) in [7, 11) is 1.47. The minimum Gasteiger partial charge on any atom is -0.496 e. The Bertz CT molecular complexity index is 774. The summed E-state index contributed by atoms with van der Waals surface area (Å²) in [5, 5.41) is 4.25. The second-order valence-electron chi connectivity index (χ2n) is 5.14. The molecule has 0 saturated carbocycles. The third-order valence-electron chi connectivity index (χ3n) is 3.60. The first kappa shape index (κ1) is 15.0. The van der Waals surface area contributed by atoms with Gasteiger partial charge >= 0.3 is 6.09 Å². The Morgan fingerprint density at radius 3 is 2.87 bits per heavy atom. The molecule has 23 heavy (non-hydrogen) atoms. The van der Waals surface area contributed by atoms with Crippen molar-refractivity contribution in [3.63, 3.8) is 0 Å². The standard InChI is InChI=1S/C16H16N2O5/c1-21-14-6-11-9(5-12(14)15(17)19)3-2-4-13(11)22-7-10-8-23-16(20)18-10/h2-6,10H,7-8H2,1H3,(H2,17,19)(H,18,20)/t10-/m1/s1. The zero-order chi connectivity index (χ0) is 16.4. The van der Waals surface area contributed by atoms with Crippen LogP contribution in [0.2, 0.25) is 0 Å². The van der Waals surface area contributed by atoms with E-state index in [-0.39, 0.29) is 19.3 Å². The number of nitrogens with two attached hydrogens (primary N) is 1. The zero-order valence-corrected chi connectivity index (χ0v) is 12.5. The molecule has 3 N–H and O–H groups in total. The van der Waals surface area contributed by atoms with Crippen LogP contribution in [0.4, 0.5) is 4.79 Å². The zero-order valence-electron chi connectivity index (χ0n) is 12.5. The maximum Gasteiger partial charge on any atom is 0.407 e. The van der Waals surface area contributed by atoms with Crippen LogP contribution in [0, 0.1) is 0 Å². The number of carbonyl (C=O) groups excluding carboxylic acids is 2. The van der Waals surface area contributed by atoms with Gasteiger partial charge in [-0.25, -0.2) is 4.79 Å². The number of carbonyl (C=O) groups is 2. The summed E-state index contributed by atoms with van der Waals surface area (Å²) in [4.78, 5) is 22.5. The molecule has 2 amide bonds. The highest BCUT2D eigenvalue weighted by molar-refractivity contribution is 6.02. The van der Waals surface area contributed by atoms with Gasteiger partial charge in [-0.1, -0.05) is 12.1 Å². The molecule has 0 unspecified atom stereocenters. The van der Waals surface area contributed by atoms with E-state index in [4.69, 9.17) is 19.9 Å². The molecule has 0 aromatic heterocycles. The van der Waals surface area contributed by atoms with Crippen LogP contribution in [0.15, 0.2) is 30.3 Å². The molecule has 1 atom stereocenters. The first-order chi connectivity index (χ1) is 11.1. The van der Waals surface area contributed by atoms with Gasteiger partial charge in [0.2, 0.25) is 0 Å². The molecule has 120 valence electrons. The highest BCUT2D eigenvalue weighted by atomic mass is 16.6. The van der Waals surface area contributed by atoms with Crippen molar-refractivity contribution in [2.45, 2.75) is 6.04 Å². The third kappa shape index (κ3) is 2.98. The second-order valence-corrected chi connectivity index (χ2v) is 5.14. The van der Waals surface area contributed by atoms with Crippen LogP contribution in [0.3, 0.4) is 0 Å². The summed E-state index contributed by atoms with van der Waals surface area (Å²) in [6.07, 6.45) is -0.440. The molecule has 0 aliphatic carbocycles. The molecule has 7 nitrogen and oxygen atoms in total. The van der Waals surface area contributed by atoms with E-state index >= 15 is 0 Å². The normalized spacial score (nSPS) is 16.7. The van der Waals surface area contributed by atoms with Gasteiger partial charge in [-0.2, -0.15) is 0 Å². The number of ether oxygens (including phenoxy) is 3. The summed E-state index contributed by atoms with van der Waals surface area (Å²) >= 11 is 0. The molecular formula is C16H16N2O5. The number of fused-ring (bicyclic) bond motifs is 1. The average Bonchev–Trinajstić information content (AvgIpc) is 2.96. The van der Waals surface area contributed by atoms with Gasteiger partial charge in [0.05, 0.1) is 12.7 Å². The monoisotopic (exact) mass is 316 g/mol. The summed E-state index contributed by atoms with van der Waals surface area (Å²) in [6, 6.07) is 8.68. The molecule has 1 aliphatic heterocycles. The number of hydrogen-bond acceptors (Lipinski definition) is 5. The number of alkyl carbamates (subject to hydrolysis) is 1. The minimum atomic E-state index is -0.555. The van der Waals surface area contributed by atoms with Gasteiger partial charge in [-0.05, 0) is 23.6 Å². The van der Waals surface area contributed by atoms with E-state index in [2.05, 4.69) is 5.32 Å². The maximum atomic E-state index is 11.5. The summed E-state index contributed by atoms with van der Waals surface area (Å²) in [5.41, 5.74) is 5.68. The Morgan fingerprint density at radius 1 is 1.39 bits per heavy atom. The largest absolute Gasteiger partial charge is 0.496 e. The fraction of sp³-hybridized carbons (Fsp3) is 0.250. The Labute approximate surface area is 132 Å². The lowest BCUT2D eigenvalue weighted by Crippen LogP contribution is -2.32. The first-order valence-electron chi connectivity index (χ1n) is 7.05. The lowest BCUT2D eigenvalue weighted by Gasteiger charge is -2.14. The van der Waals surface area contributed by atoms with E-state index in [1.165, 1.54) is 7.11 Å². The highest BCUT2D eigenvalue weighted by Crippen LogP contribution is 2.32. The molecule has 0 spiro atoms. The number of benzene rings is 2. The van der Waals surface area contributed by atoms with Crippen molar-refractivity contribution in [1.82, 2.24) is 5.32 Å². The molecule has 7 heteroatoms. The average molecular weight is 316 g/mol. The van der Waals surface area contributed by atoms with Gasteiger partial charge in [0, 0.05) is 5.39 Å². The summed E-state index contributed by atoms with van der Waals surface area (Å²) in [6.45, 7) is 0.559. The van der Waals surface area contributed by atoms with Crippen molar-refractivity contribution in [2.75, 3.05) is 20.3 Å². The van der Waals surface area contributed by atoms with Crippen LogP contribution in [-0.4, -0.2) is 38.4 Å². The molecule has 1 aliphatic rings. The molecule has 0 radical (unpaired) electrons. The van der Waals surface area contributed by atoms with Crippen molar-refractivity contribution >= 4 is 22.8 Å². The predicted molar refractivity (Wildman–Crippen MR) is 82.8 cm³/mol. The van der Waals surface area contributed by atoms with Crippen molar-refractivity contribution in [2.24, 2.45) is 5.73 Å². The van der Waals surface area contributed by atoms with E-state index in [1.54, 1.807) is 12.1 Å². The van der Waals surface area contributed by atoms with Gasteiger partial charge in [0.15, 0.2) is 0 Å². The second kappa shape index (κ2) is 6.04. The quantitative estimate of drug-likeness (QED) is 0.869. The minimum absolute atomic E-state index is 0.190. The van der Waals surface area contributed by atoms with Gasteiger partial charge in [-0.3, -0.25) is 4.79 Å². The van der Waals surface area contributed by atoms with Gasteiger partial charge in [0.1, 0.15) is 30.8 Å². The lowest BCUT2D eigenvalue weighted by atomic mass is 10.0. The number of rotatable bonds is 5. The lowest BCUT2D eigenvalue weighted by molar-refractivity contribution is 0.0997. The van der Waals surface area contributed by atoms with E-state index in [9.17, 15) is 9.59 Å². The number of methoxy groups -OCH3 is 1. The van der Waals surface area contributed by atoms with Crippen LogP contribution in [0.1, 0.15) is 10.4 Å². The smallest absolute Gasteiger partial charge is 0.407 e. The molecule has 1 fully saturated rings. The molecule has 2 aromatic carbocycles. The van der Waals surface area contributed by atoms with Crippen LogP contribution in [-0.2, 0) is 4.74 Å². The van der Waals surface area contributed by atoms with Crippen molar-refractivity contribution in [1.29, 1.82) is 0 Å². The van der Waals surface area contributed by atoms with E-state index in [0.717, 1.165) is 10.8 Å². The molecule has 2 aromatic rings. The van der Waals surface area contributed by atoms with Crippen LogP contribution < -0.4 is 20.5 Å². The Morgan fingerprint density at radius 2 is 2.22 bits per heavy atom. The molecular weight excluding hydrogens is 300 g/mol. The predicted octanol–water partition coefficient (Wildman–Crippen LogP) is 1.43. The van der Waals surface area contributed by atoms with Crippen molar-refractivity contribution in [3.05, 3.63) is 35.9 Å². The van der Waals surface area contributed by atoms with E-state index < -0.39 is 12.0 Å². The molecule has 3 rings (SSSR count). The first-order valence-corrected chi connectivity index (χ1v) is 7.05.